The van der Waals surface area contributed by atoms with Crippen LogP contribution in [0.15, 0.2) is 72.2 Å². The molecule has 2 heterocycles. The number of piperidine rings is 1. The van der Waals surface area contributed by atoms with Crippen molar-refractivity contribution in [2.45, 2.75) is 31.9 Å². The number of pyridine rings is 1. The van der Waals surface area contributed by atoms with Gasteiger partial charge in [0.2, 0.25) is 0 Å². The van der Waals surface area contributed by atoms with Crippen LogP contribution in [0.25, 0.3) is 5.70 Å². The van der Waals surface area contributed by atoms with Gasteiger partial charge in [-0.05, 0) is 42.8 Å². The van der Waals surface area contributed by atoms with Gasteiger partial charge in [-0.25, -0.2) is 18.7 Å². The summed E-state index contributed by atoms with van der Waals surface area (Å²) < 4.78 is 43.5. The Morgan fingerprint density at radius 1 is 1.22 bits per heavy atom. The molecular weight excluding hydrogens is 479 g/mol. The topological polar surface area (TPSA) is 114 Å². The molecule has 1 fully saturated rings. The molecule has 0 amide bonds. The summed E-state index contributed by atoms with van der Waals surface area (Å²) >= 11 is 0. The molecule has 1 aliphatic rings. The van der Waals surface area contributed by atoms with Gasteiger partial charge in [-0.3, -0.25) is 15.3 Å². The summed E-state index contributed by atoms with van der Waals surface area (Å²) in [6, 6.07) is 12.4. The standard InChI is InChI=1S/C27H28F3N7/c1-17-3-2-4-23(28)22(17)15-37-14-20(12-27(29,30)16-37)35-13-25(36-33)19-5-6-24(31)21(11-19)26(32)18-7-9-34-10-8-18/h2-11,13,20,32-33,35H,12,14-16,31H2,1H3/b25-13-,32-26?,36-33?. The van der Waals surface area contributed by atoms with E-state index in [0.29, 0.717) is 33.5 Å². The molecule has 0 aliphatic carbocycles. The minimum absolute atomic E-state index is 0.0735. The highest BCUT2D eigenvalue weighted by Crippen LogP contribution is 2.29. The van der Waals surface area contributed by atoms with E-state index in [1.54, 1.807) is 61.8 Å². The summed E-state index contributed by atoms with van der Waals surface area (Å²) in [7, 11) is 0. The molecule has 0 radical (unpaired) electrons. The van der Waals surface area contributed by atoms with E-state index in [2.05, 4.69) is 15.4 Å². The van der Waals surface area contributed by atoms with Crippen molar-refractivity contribution in [1.82, 2.24) is 15.2 Å². The second-order valence-corrected chi connectivity index (χ2v) is 9.18. The Morgan fingerprint density at radius 2 is 1.97 bits per heavy atom. The lowest BCUT2D eigenvalue weighted by Gasteiger charge is -2.38. The number of nitrogen functional groups attached to an aromatic ring is 1. The highest BCUT2D eigenvalue weighted by Gasteiger charge is 2.40. The van der Waals surface area contributed by atoms with Gasteiger partial charge in [0.25, 0.3) is 5.92 Å². The van der Waals surface area contributed by atoms with Crippen molar-refractivity contribution in [3.05, 3.63) is 101 Å². The van der Waals surface area contributed by atoms with Crippen LogP contribution in [0.1, 0.15) is 34.2 Å². The number of hydrogen-bond acceptors (Lipinski definition) is 7. The van der Waals surface area contributed by atoms with Crippen molar-refractivity contribution >= 4 is 17.1 Å². The Morgan fingerprint density at radius 3 is 2.68 bits per heavy atom. The van der Waals surface area contributed by atoms with Crippen molar-refractivity contribution in [2.24, 2.45) is 5.11 Å². The minimum Gasteiger partial charge on any atom is -0.398 e. The number of nitrogens with two attached hydrogens (primary N) is 1. The molecule has 37 heavy (non-hydrogen) atoms. The van der Waals surface area contributed by atoms with Crippen LogP contribution < -0.4 is 11.1 Å². The predicted molar refractivity (Wildman–Crippen MR) is 137 cm³/mol. The molecule has 1 unspecified atom stereocenters. The summed E-state index contributed by atoms with van der Waals surface area (Å²) in [4.78, 5) is 5.50. The number of hydrogen-bond donors (Lipinski definition) is 4. The first-order valence-corrected chi connectivity index (χ1v) is 11.7. The summed E-state index contributed by atoms with van der Waals surface area (Å²) in [5.74, 6) is -3.38. The second-order valence-electron chi connectivity index (χ2n) is 9.18. The van der Waals surface area contributed by atoms with Gasteiger partial charge in [-0.15, -0.1) is 0 Å². The number of likely N-dealkylation sites (tertiary alicyclic amines) is 1. The van der Waals surface area contributed by atoms with E-state index in [-0.39, 0.29) is 24.5 Å². The molecule has 192 valence electrons. The first kappa shape index (κ1) is 26.0. The second kappa shape index (κ2) is 10.9. The number of nitrogens with one attached hydrogen (secondary N) is 3. The van der Waals surface area contributed by atoms with Crippen molar-refractivity contribution in [1.29, 1.82) is 10.9 Å². The monoisotopic (exact) mass is 507 g/mol. The van der Waals surface area contributed by atoms with Crippen LogP contribution >= 0.6 is 0 Å². The van der Waals surface area contributed by atoms with E-state index in [1.807, 2.05) is 0 Å². The molecule has 10 heteroatoms. The third-order valence-electron chi connectivity index (χ3n) is 6.38. The number of alkyl halides is 2. The molecule has 1 aliphatic heterocycles. The van der Waals surface area contributed by atoms with Crippen molar-refractivity contribution in [3.63, 3.8) is 0 Å². The number of anilines is 1. The van der Waals surface area contributed by atoms with E-state index >= 15 is 0 Å². The number of aromatic nitrogens is 1. The van der Waals surface area contributed by atoms with Gasteiger partial charge in [0.15, 0.2) is 0 Å². The SMILES string of the molecule is Cc1cccc(F)c1CN1CC(N/C=C(\N=N)c2ccc(N)c(C(=N)c3ccncc3)c2)CC(F)(F)C1. The lowest BCUT2D eigenvalue weighted by molar-refractivity contribution is -0.0760. The highest BCUT2D eigenvalue weighted by molar-refractivity contribution is 6.14. The Kier molecular flexibility index (Phi) is 7.68. The predicted octanol–water partition coefficient (Wildman–Crippen LogP) is 5.36. The van der Waals surface area contributed by atoms with Crippen molar-refractivity contribution < 1.29 is 13.2 Å². The fourth-order valence-electron chi connectivity index (χ4n) is 4.50. The van der Waals surface area contributed by atoms with Gasteiger partial charge in [0.1, 0.15) is 11.5 Å². The first-order chi connectivity index (χ1) is 17.7. The Bertz CT molecular complexity index is 1300. The smallest absolute Gasteiger partial charge is 0.262 e. The zero-order valence-corrected chi connectivity index (χ0v) is 20.3. The van der Waals surface area contributed by atoms with E-state index in [1.165, 1.54) is 17.2 Å². The fourth-order valence-corrected chi connectivity index (χ4v) is 4.50. The van der Waals surface area contributed by atoms with Gasteiger partial charge in [-0.2, -0.15) is 5.11 Å². The van der Waals surface area contributed by atoms with Gasteiger partial charge >= 0.3 is 0 Å². The molecule has 1 atom stereocenters. The Balaban J connectivity index is 1.53. The van der Waals surface area contributed by atoms with E-state index in [9.17, 15) is 13.2 Å². The summed E-state index contributed by atoms with van der Waals surface area (Å²) in [6.07, 6.45) is 4.18. The zero-order chi connectivity index (χ0) is 26.6. The van der Waals surface area contributed by atoms with Crippen LogP contribution in [0.3, 0.4) is 0 Å². The molecule has 1 aromatic heterocycles. The van der Waals surface area contributed by atoms with E-state index in [0.717, 1.165) is 0 Å². The van der Waals surface area contributed by atoms with Crippen LogP contribution in [0.2, 0.25) is 0 Å². The van der Waals surface area contributed by atoms with Crippen LogP contribution in [0.5, 0.6) is 0 Å². The Labute approximate surface area is 213 Å². The normalized spacial score (nSPS) is 17.8. The number of aryl methyl sites for hydroxylation is 1. The van der Waals surface area contributed by atoms with Crippen LogP contribution in [-0.2, 0) is 6.54 Å². The van der Waals surface area contributed by atoms with E-state index < -0.39 is 30.7 Å². The van der Waals surface area contributed by atoms with Crippen LogP contribution in [0.4, 0.5) is 18.9 Å². The molecule has 2 aromatic carbocycles. The number of nitrogens with zero attached hydrogens (tertiary/aromatic N) is 3. The third-order valence-corrected chi connectivity index (χ3v) is 6.38. The zero-order valence-electron chi connectivity index (χ0n) is 20.3. The molecule has 7 nitrogen and oxygen atoms in total. The lowest BCUT2D eigenvalue weighted by Crippen LogP contribution is -2.52. The summed E-state index contributed by atoms with van der Waals surface area (Å²) in [5, 5.41) is 15.1. The number of rotatable bonds is 8. The van der Waals surface area contributed by atoms with Gasteiger partial charge < -0.3 is 11.1 Å². The average molecular weight is 508 g/mol. The molecule has 5 N–H and O–H groups in total. The first-order valence-electron chi connectivity index (χ1n) is 11.7. The summed E-state index contributed by atoms with van der Waals surface area (Å²) in [5.41, 5.74) is 17.2. The van der Waals surface area contributed by atoms with Crippen molar-refractivity contribution in [3.8, 4) is 0 Å². The number of halogens is 3. The minimum atomic E-state index is -2.96. The third kappa shape index (κ3) is 6.21. The molecule has 0 spiro atoms. The molecule has 3 aromatic rings. The summed E-state index contributed by atoms with van der Waals surface area (Å²) in [6.45, 7) is 1.64. The van der Waals surface area contributed by atoms with Gasteiger partial charge in [-0.1, -0.05) is 18.2 Å². The molecule has 0 saturated carbocycles. The maximum absolute atomic E-state index is 14.6. The quantitative estimate of drug-likeness (QED) is 0.187. The fraction of sp³-hybridized carbons (Fsp3) is 0.259. The van der Waals surface area contributed by atoms with Crippen molar-refractivity contribution in [2.75, 3.05) is 18.8 Å². The number of benzene rings is 2. The van der Waals surface area contributed by atoms with E-state index in [4.69, 9.17) is 16.7 Å². The molecule has 1 saturated heterocycles. The van der Waals surface area contributed by atoms with Crippen LogP contribution in [-0.4, -0.2) is 40.6 Å². The largest absolute Gasteiger partial charge is 0.398 e. The van der Waals surface area contributed by atoms with Crippen LogP contribution in [0, 0.1) is 23.7 Å². The van der Waals surface area contributed by atoms with Gasteiger partial charge in [0.05, 0.1) is 12.3 Å². The molecule has 0 bridgehead atoms. The highest BCUT2D eigenvalue weighted by atomic mass is 19.3. The average Bonchev–Trinajstić information content (AvgIpc) is 2.87. The Hall–Kier alpha value is -4.05. The lowest BCUT2D eigenvalue weighted by atomic mass is 9.98. The van der Waals surface area contributed by atoms with Gasteiger partial charge in [0, 0.05) is 72.1 Å². The maximum Gasteiger partial charge on any atom is 0.262 e. The molecular formula is C27H28F3N7. The molecule has 4 rings (SSSR count). The maximum atomic E-state index is 14.6.